The maximum Gasteiger partial charge on any atom is 0.245 e. The van der Waals surface area contributed by atoms with Crippen LogP contribution in [-0.2, 0) is 9.59 Å². The molecule has 5 heteroatoms. The van der Waals surface area contributed by atoms with Gasteiger partial charge in [-0.25, -0.2) is 0 Å². The average molecular weight is 202 g/mol. The van der Waals surface area contributed by atoms with E-state index in [2.05, 4.69) is 10.6 Å². The van der Waals surface area contributed by atoms with E-state index in [-0.39, 0.29) is 11.8 Å². The molecular formula is C9H18N2O3. The largest absolute Gasteiger partial charge is 0.391 e. The van der Waals surface area contributed by atoms with Gasteiger partial charge in [-0.2, -0.15) is 0 Å². The van der Waals surface area contributed by atoms with Crippen molar-refractivity contribution in [1.82, 2.24) is 10.6 Å². The van der Waals surface area contributed by atoms with Gasteiger partial charge in [-0.05, 0) is 13.3 Å². The van der Waals surface area contributed by atoms with Gasteiger partial charge in [0.15, 0.2) is 0 Å². The Bertz CT molecular complexity index is 204. The molecule has 0 aromatic rings. The van der Waals surface area contributed by atoms with Crippen LogP contribution in [0.5, 0.6) is 0 Å². The van der Waals surface area contributed by atoms with E-state index in [1.807, 2.05) is 6.92 Å². The van der Waals surface area contributed by atoms with Gasteiger partial charge in [0.25, 0.3) is 0 Å². The lowest BCUT2D eigenvalue weighted by molar-refractivity contribution is -0.130. The minimum Gasteiger partial charge on any atom is -0.391 e. The lowest BCUT2D eigenvalue weighted by Gasteiger charge is -2.19. The molecule has 5 nitrogen and oxygen atoms in total. The number of aliphatic hydroxyl groups is 1. The Morgan fingerprint density at radius 2 is 2.00 bits per heavy atom. The van der Waals surface area contributed by atoms with E-state index in [4.69, 9.17) is 0 Å². The van der Waals surface area contributed by atoms with Gasteiger partial charge >= 0.3 is 0 Å². The van der Waals surface area contributed by atoms with Crippen molar-refractivity contribution >= 4 is 11.8 Å². The van der Waals surface area contributed by atoms with Crippen LogP contribution >= 0.6 is 0 Å². The van der Waals surface area contributed by atoms with Crippen molar-refractivity contribution in [2.24, 2.45) is 0 Å². The molecule has 14 heavy (non-hydrogen) atoms. The summed E-state index contributed by atoms with van der Waals surface area (Å²) in [5.41, 5.74) is 0. The molecule has 0 aliphatic rings. The number of aliphatic hydroxyl groups excluding tert-OH is 1. The highest BCUT2D eigenvalue weighted by atomic mass is 16.3. The molecule has 0 aromatic carbocycles. The van der Waals surface area contributed by atoms with Crippen LogP contribution in [0.1, 0.15) is 27.2 Å². The fourth-order valence-electron chi connectivity index (χ4n) is 0.982. The standard InChI is InChI=1S/C9H18N2O3/c1-4-5-10-9(14)8(6(2)12)11-7(3)13/h6,8,12H,4-5H2,1-3H3,(H,10,14)(H,11,13). The molecule has 0 bridgehead atoms. The monoisotopic (exact) mass is 202 g/mol. The van der Waals surface area contributed by atoms with Crippen LogP contribution in [0, 0.1) is 0 Å². The smallest absolute Gasteiger partial charge is 0.245 e. The van der Waals surface area contributed by atoms with Crippen LogP contribution in [0.25, 0.3) is 0 Å². The van der Waals surface area contributed by atoms with E-state index in [9.17, 15) is 14.7 Å². The van der Waals surface area contributed by atoms with Gasteiger partial charge < -0.3 is 15.7 Å². The molecule has 0 fully saturated rings. The van der Waals surface area contributed by atoms with E-state index in [1.165, 1.54) is 13.8 Å². The summed E-state index contributed by atoms with van der Waals surface area (Å²) < 4.78 is 0. The lowest BCUT2D eigenvalue weighted by Crippen LogP contribution is -2.52. The summed E-state index contributed by atoms with van der Waals surface area (Å²) >= 11 is 0. The third-order valence-electron chi connectivity index (χ3n) is 1.67. The molecule has 2 atom stereocenters. The molecule has 0 radical (unpaired) electrons. The number of hydrogen-bond acceptors (Lipinski definition) is 3. The van der Waals surface area contributed by atoms with Crippen LogP contribution in [0.15, 0.2) is 0 Å². The highest BCUT2D eigenvalue weighted by Gasteiger charge is 2.23. The summed E-state index contributed by atoms with van der Waals surface area (Å²) in [7, 11) is 0. The number of nitrogens with one attached hydrogen (secondary N) is 2. The molecule has 0 saturated heterocycles. The highest BCUT2D eigenvalue weighted by Crippen LogP contribution is 1.93. The van der Waals surface area contributed by atoms with Crippen molar-refractivity contribution in [3.05, 3.63) is 0 Å². The summed E-state index contributed by atoms with van der Waals surface area (Å²) in [6.45, 7) is 5.24. The summed E-state index contributed by atoms with van der Waals surface area (Å²) in [6, 6.07) is -0.862. The molecule has 0 aromatic heterocycles. The first-order valence-corrected chi connectivity index (χ1v) is 4.72. The number of carbonyl (C=O) groups excluding carboxylic acids is 2. The molecule has 0 spiro atoms. The quantitative estimate of drug-likeness (QED) is 0.557. The third kappa shape index (κ3) is 4.81. The molecule has 0 saturated carbocycles. The van der Waals surface area contributed by atoms with Gasteiger partial charge in [-0.1, -0.05) is 6.92 Å². The molecule has 0 aliphatic heterocycles. The van der Waals surface area contributed by atoms with Gasteiger partial charge in [-0.3, -0.25) is 9.59 Å². The maximum atomic E-state index is 11.4. The molecule has 2 amide bonds. The van der Waals surface area contributed by atoms with E-state index < -0.39 is 12.1 Å². The second kappa shape index (κ2) is 6.37. The summed E-state index contributed by atoms with van der Waals surface area (Å²) in [5.74, 6) is -0.681. The predicted octanol–water partition coefficient (Wildman–Crippen LogP) is -0.602. The lowest BCUT2D eigenvalue weighted by atomic mass is 10.1. The van der Waals surface area contributed by atoms with E-state index in [0.717, 1.165) is 6.42 Å². The number of amides is 2. The van der Waals surface area contributed by atoms with Crippen molar-refractivity contribution in [3.63, 3.8) is 0 Å². The molecular weight excluding hydrogens is 184 g/mol. The number of rotatable bonds is 5. The molecule has 3 N–H and O–H groups in total. The van der Waals surface area contributed by atoms with Crippen LogP contribution < -0.4 is 10.6 Å². The van der Waals surface area contributed by atoms with Gasteiger partial charge in [0.1, 0.15) is 6.04 Å². The molecule has 0 rings (SSSR count). The van der Waals surface area contributed by atoms with E-state index in [1.54, 1.807) is 0 Å². The zero-order valence-corrected chi connectivity index (χ0v) is 8.83. The Hall–Kier alpha value is -1.10. The van der Waals surface area contributed by atoms with Crippen LogP contribution in [0.4, 0.5) is 0 Å². The van der Waals surface area contributed by atoms with Gasteiger partial charge in [0.2, 0.25) is 11.8 Å². The number of carbonyl (C=O) groups is 2. The molecule has 0 aliphatic carbocycles. The Morgan fingerprint density at radius 1 is 1.43 bits per heavy atom. The normalized spacial score (nSPS) is 14.3. The first-order valence-electron chi connectivity index (χ1n) is 4.72. The SMILES string of the molecule is CCCNC(=O)C(NC(C)=O)C(C)O. The van der Waals surface area contributed by atoms with Gasteiger partial charge in [0, 0.05) is 13.5 Å². The zero-order valence-electron chi connectivity index (χ0n) is 8.83. The fraction of sp³-hybridized carbons (Fsp3) is 0.778. The Balaban J connectivity index is 4.19. The van der Waals surface area contributed by atoms with Crippen molar-refractivity contribution in [1.29, 1.82) is 0 Å². The van der Waals surface area contributed by atoms with Crippen LogP contribution in [0.3, 0.4) is 0 Å². The minimum absolute atomic E-state index is 0.331. The van der Waals surface area contributed by atoms with Crippen molar-refractivity contribution < 1.29 is 14.7 Å². The third-order valence-corrected chi connectivity index (χ3v) is 1.67. The first kappa shape index (κ1) is 12.9. The fourth-order valence-corrected chi connectivity index (χ4v) is 0.982. The van der Waals surface area contributed by atoms with Crippen molar-refractivity contribution in [2.75, 3.05) is 6.54 Å². The van der Waals surface area contributed by atoms with E-state index >= 15 is 0 Å². The van der Waals surface area contributed by atoms with E-state index in [0.29, 0.717) is 6.54 Å². The topological polar surface area (TPSA) is 78.4 Å². The Labute approximate surface area is 83.9 Å². The Kier molecular flexibility index (Phi) is 5.87. The summed E-state index contributed by atoms with van der Waals surface area (Å²) in [4.78, 5) is 22.1. The molecule has 2 unspecified atom stereocenters. The Morgan fingerprint density at radius 3 is 2.36 bits per heavy atom. The predicted molar refractivity (Wildman–Crippen MR) is 52.6 cm³/mol. The highest BCUT2D eigenvalue weighted by molar-refractivity contribution is 5.87. The second-order valence-electron chi connectivity index (χ2n) is 3.21. The first-order chi connectivity index (χ1) is 6.49. The molecule has 0 heterocycles. The summed E-state index contributed by atoms with van der Waals surface area (Å²) in [5, 5.41) is 14.2. The van der Waals surface area contributed by atoms with Gasteiger partial charge in [0.05, 0.1) is 6.10 Å². The van der Waals surface area contributed by atoms with Crippen LogP contribution in [0.2, 0.25) is 0 Å². The van der Waals surface area contributed by atoms with Crippen molar-refractivity contribution in [2.45, 2.75) is 39.3 Å². The second-order valence-corrected chi connectivity index (χ2v) is 3.21. The van der Waals surface area contributed by atoms with Crippen molar-refractivity contribution in [3.8, 4) is 0 Å². The zero-order chi connectivity index (χ0) is 11.1. The average Bonchev–Trinajstić information content (AvgIpc) is 2.09. The maximum absolute atomic E-state index is 11.4. The van der Waals surface area contributed by atoms with Gasteiger partial charge in [-0.15, -0.1) is 0 Å². The van der Waals surface area contributed by atoms with Crippen LogP contribution in [-0.4, -0.2) is 35.6 Å². The molecule has 82 valence electrons. The number of hydrogen-bond donors (Lipinski definition) is 3. The summed E-state index contributed by atoms with van der Waals surface area (Å²) in [6.07, 6.45) is -0.0750. The minimum atomic E-state index is -0.893.